The number of anilines is 4. The third kappa shape index (κ3) is 5.20. The summed E-state index contributed by atoms with van der Waals surface area (Å²) in [5, 5.41) is 13.4. The van der Waals surface area contributed by atoms with E-state index in [1.54, 1.807) is 6.20 Å². The van der Waals surface area contributed by atoms with Crippen LogP contribution in [-0.4, -0.2) is 85.1 Å². The van der Waals surface area contributed by atoms with Crippen molar-refractivity contribution in [1.29, 1.82) is 0 Å². The Labute approximate surface area is 221 Å². The van der Waals surface area contributed by atoms with Crippen molar-refractivity contribution >= 4 is 28.9 Å². The minimum absolute atomic E-state index is 0. The van der Waals surface area contributed by atoms with E-state index < -0.39 is 0 Å². The number of nitrogens with zero attached hydrogens (tertiary/aromatic N) is 5. The number of likely N-dealkylation sites (N-methyl/N-ethyl adjacent to an activating group) is 2. The standard InChI is InChI=1S/C21H26N6O2.C7H14O.H2/c1-24-17-7-9-26(12-19(17)25(2)21(24)29)15-5-6-16-18(10-15)27(13-28)11-14-4-3-8-22-20(14)23-16;1-8-7-5-3-2-4-6-7;/h3-6,8,10,17,19,28H,7,9,11-13H2,1-2H3,(H,22,23);7H,2-6H2,1H3;1H/t17-,19+;;/m0../s1. The van der Waals surface area contributed by atoms with Crippen LogP contribution in [0.1, 0.15) is 45.5 Å². The van der Waals surface area contributed by atoms with Gasteiger partial charge in [0, 0.05) is 59.7 Å². The van der Waals surface area contributed by atoms with Crippen molar-refractivity contribution in [2.45, 2.75) is 63.3 Å². The Bertz CT molecular complexity index is 1100. The van der Waals surface area contributed by atoms with E-state index in [1.165, 1.54) is 32.1 Å². The third-order valence-electron chi connectivity index (χ3n) is 8.39. The lowest BCUT2D eigenvalue weighted by Crippen LogP contribution is -2.51. The van der Waals surface area contributed by atoms with Gasteiger partial charge < -0.3 is 34.8 Å². The van der Waals surface area contributed by atoms with Gasteiger partial charge in [0.1, 0.15) is 12.5 Å². The van der Waals surface area contributed by atoms with Crippen molar-refractivity contribution in [2.75, 3.05) is 56.1 Å². The number of ether oxygens (including phenoxy) is 1. The molecule has 2 atom stereocenters. The van der Waals surface area contributed by atoms with Crippen molar-refractivity contribution in [3.05, 3.63) is 42.1 Å². The van der Waals surface area contributed by atoms with Gasteiger partial charge in [0.05, 0.1) is 29.6 Å². The number of urea groups is 1. The molecule has 1 aromatic heterocycles. The number of amides is 2. The lowest BCUT2D eigenvalue weighted by atomic mass is 9.98. The number of pyridine rings is 1. The first kappa shape index (κ1) is 25.6. The Morgan fingerprint density at radius 1 is 1.11 bits per heavy atom. The second-order valence-corrected chi connectivity index (χ2v) is 10.5. The number of carbonyl (C=O) groups is 1. The molecule has 2 amide bonds. The Kier molecular flexibility index (Phi) is 7.71. The fraction of sp³-hybridized carbons (Fsp3) is 0.571. The first-order valence-electron chi connectivity index (χ1n) is 13.5. The highest BCUT2D eigenvalue weighted by Gasteiger charge is 2.44. The predicted octanol–water partition coefficient (Wildman–Crippen LogP) is 4.25. The van der Waals surface area contributed by atoms with Crippen LogP contribution < -0.4 is 15.1 Å². The molecular weight excluding hydrogens is 468 g/mol. The van der Waals surface area contributed by atoms with Gasteiger partial charge in [-0.2, -0.15) is 0 Å². The summed E-state index contributed by atoms with van der Waals surface area (Å²) < 4.78 is 5.19. The van der Waals surface area contributed by atoms with E-state index in [-0.39, 0.29) is 26.3 Å². The molecule has 3 fully saturated rings. The molecule has 1 saturated carbocycles. The molecule has 0 spiro atoms. The summed E-state index contributed by atoms with van der Waals surface area (Å²) in [6.45, 7) is 2.24. The van der Waals surface area contributed by atoms with Gasteiger partial charge in [-0.25, -0.2) is 9.78 Å². The fourth-order valence-corrected chi connectivity index (χ4v) is 6.13. The second-order valence-electron chi connectivity index (χ2n) is 10.5. The predicted molar refractivity (Wildman–Crippen MR) is 149 cm³/mol. The maximum absolute atomic E-state index is 12.3. The summed E-state index contributed by atoms with van der Waals surface area (Å²) in [6, 6.07) is 10.8. The summed E-state index contributed by atoms with van der Waals surface area (Å²) >= 11 is 0. The van der Waals surface area contributed by atoms with Crippen molar-refractivity contribution in [3.63, 3.8) is 0 Å². The number of hydrogen-bond donors (Lipinski definition) is 2. The number of fused-ring (bicyclic) bond motifs is 3. The highest BCUT2D eigenvalue weighted by atomic mass is 16.5. The Hall–Kier alpha value is -3.04. The lowest BCUT2D eigenvalue weighted by molar-refractivity contribution is 0.0710. The molecule has 9 heteroatoms. The van der Waals surface area contributed by atoms with Crippen LogP contribution in [0.25, 0.3) is 0 Å². The number of benzene rings is 1. The van der Waals surface area contributed by atoms with E-state index in [1.807, 2.05) is 48.0 Å². The average molecular weight is 511 g/mol. The smallest absolute Gasteiger partial charge is 0.320 e. The summed E-state index contributed by atoms with van der Waals surface area (Å²) in [6.07, 6.45) is 10.0. The minimum atomic E-state index is -0.0702. The van der Waals surface area contributed by atoms with Crippen LogP contribution in [0, 0.1) is 0 Å². The number of hydrogen-bond acceptors (Lipinski definition) is 7. The van der Waals surface area contributed by atoms with Crippen LogP contribution in [0.2, 0.25) is 0 Å². The molecular formula is C28H42N6O3. The molecule has 3 aliphatic heterocycles. The fourth-order valence-electron chi connectivity index (χ4n) is 6.13. The van der Waals surface area contributed by atoms with E-state index >= 15 is 0 Å². The first-order valence-corrected chi connectivity index (χ1v) is 13.5. The van der Waals surface area contributed by atoms with Crippen molar-refractivity contribution in [1.82, 2.24) is 14.8 Å². The number of aromatic nitrogens is 1. The van der Waals surface area contributed by atoms with Gasteiger partial charge in [-0.3, -0.25) is 0 Å². The number of carbonyl (C=O) groups excluding carboxylic acids is 1. The molecule has 0 radical (unpaired) electrons. The molecule has 0 unspecified atom stereocenters. The molecule has 6 rings (SSSR count). The van der Waals surface area contributed by atoms with E-state index in [0.717, 1.165) is 48.0 Å². The number of methoxy groups -OCH3 is 1. The van der Waals surface area contributed by atoms with Crippen LogP contribution in [0.4, 0.5) is 27.7 Å². The normalized spacial score (nSPS) is 23.4. The summed E-state index contributed by atoms with van der Waals surface area (Å²) in [5.41, 5.74) is 4.05. The molecule has 1 aromatic carbocycles. The van der Waals surface area contributed by atoms with Gasteiger partial charge >= 0.3 is 6.03 Å². The number of nitrogens with one attached hydrogen (secondary N) is 1. The molecule has 37 heavy (non-hydrogen) atoms. The molecule has 9 nitrogen and oxygen atoms in total. The second kappa shape index (κ2) is 11.1. The van der Waals surface area contributed by atoms with E-state index in [9.17, 15) is 9.90 Å². The van der Waals surface area contributed by atoms with Crippen molar-refractivity contribution in [2.24, 2.45) is 0 Å². The maximum atomic E-state index is 12.3. The molecule has 0 bridgehead atoms. The van der Waals surface area contributed by atoms with Gasteiger partial charge in [0.2, 0.25) is 0 Å². The Morgan fingerprint density at radius 2 is 1.89 bits per heavy atom. The Morgan fingerprint density at radius 3 is 2.62 bits per heavy atom. The monoisotopic (exact) mass is 510 g/mol. The summed E-state index contributed by atoms with van der Waals surface area (Å²) in [7, 11) is 5.61. The molecule has 4 aliphatic rings. The first-order chi connectivity index (χ1) is 18.0. The zero-order valence-corrected chi connectivity index (χ0v) is 22.3. The summed E-state index contributed by atoms with van der Waals surface area (Å²) in [4.78, 5) is 24.8. The molecule has 2 N–H and O–H groups in total. The van der Waals surface area contributed by atoms with E-state index in [0.29, 0.717) is 12.6 Å². The van der Waals surface area contributed by atoms with E-state index in [4.69, 9.17) is 4.74 Å². The SMILES string of the molecule is CN1C(=O)N(C)[C@H]2CCN(c3ccc4c(c3)N(CO)Cc3cccnc3N4)C[C@H]21.COC1CCCCC1.[HH]. The van der Waals surface area contributed by atoms with Gasteiger partial charge in [-0.15, -0.1) is 0 Å². The van der Waals surface area contributed by atoms with E-state index in [2.05, 4.69) is 33.4 Å². The van der Waals surface area contributed by atoms with Gasteiger partial charge in [0.25, 0.3) is 0 Å². The van der Waals surface area contributed by atoms with Crippen LogP contribution >= 0.6 is 0 Å². The van der Waals surface area contributed by atoms with Crippen LogP contribution in [-0.2, 0) is 11.3 Å². The topological polar surface area (TPSA) is 84.4 Å². The van der Waals surface area contributed by atoms with Crippen molar-refractivity contribution < 1.29 is 16.1 Å². The van der Waals surface area contributed by atoms with Gasteiger partial charge in [0.15, 0.2) is 0 Å². The quantitative estimate of drug-likeness (QED) is 0.639. The average Bonchev–Trinajstić information content (AvgIpc) is 3.07. The molecule has 2 aromatic rings. The van der Waals surface area contributed by atoms with Gasteiger partial charge in [-0.05, 0) is 43.5 Å². The zero-order valence-electron chi connectivity index (χ0n) is 22.3. The van der Waals surface area contributed by atoms with Crippen LogP contribution in [0.15, 0.2) is 36.5 Å². The maximum Gasteiger partial charge on any atom is 0.320 e. The lowest BCUT2D eigenvalue weighted by Gasteiger charge is -2.39. The number of rotatable bonds is 3. The van der Waals surface area contributed by atoms with Crippen molar-refractivity contribution in [3.8, 4) is 0 Å². The highest BCUT2D eigenvalue weighted by Crippen LogP contribution is 2.38. The molecule has 4 heterocycles. The molecule has 2 saturated heterocycles. The zero-order chi connectivity index (χ0) is 25.9. The van der Waals surface area contributed by atoms with Gasteiger partial charge in [-0.1, -0.05) is 25.3 Å². The molecule has 202 valence electrons. The number of aliphatic hydroxyl groups is 1. The number of piperidine rings is 1. The molecule has 1 aliphatic carbocycles. The third-order valence-corrected chi connectivity index (χ3v) is 8.39. The van der Waals surface area contributed by atoms with Crippen LogP contribution in [0.5, 0.6) is 0 Å². The highest BCUT2D eigenvalue weighted by molar-refractivity contribution is 5.81. The largest absolute Gasteiger partial charge is 0.381 e. The summed E-state index contributed by atoms with van der Waals surface area (Å²) in [5.74, 6) is 0.826. The Balaban J connectivity index is 0.000000323. The number of aliphatic hydroxyl groups excluding tert-OH is 1. The minimum Gasteiger partial charge on any atom is -0.381 e. The van der Waals surface area contributed by atoms with Crippen LogP contribution in [0.3, 0.4) is 0 Å².